The maximum absolute atomic E-state index is 13.7. The Morgan fingerprint density at radius 3 is 2.75 bits per heavy atom. The van der Waals surface area contributed by atoms with Crippen molar-refractivity contribution in [1.29, 1.82) is 0 Å². The third-order valence-electron chi connectivity index (χ3n) is 4.42. The van der Waals surface area contributed by atoms with Crippen LogP contribution in [0.5, 0.6) is 0 Å². The quantitative estimate of drug-likeness (QED) is 0.392. The van der Waals surface area contributed by atoms with Gasteiger partial charge in [-0.15, -0.1) is 24.0 Å². The van der Waals surface area contributed by atoms with Crippen LogP contribution < -0.4 is 10.2 Å². The molecule has 0 radical (unpaired) electrons. The molecule has 1 amide bonds. The molecule has 28 heavy (non-hydrogen) atoms. The molecule has 7 nitrogen and oxygen atoms in total. The van der Waals surface area contributed by atoms with Crippen LogP contribution in [0.15, 0.2) is 35.6 Å². The van der Waals surface area contributed by atoms with E-state index >= 15 is 0 Å². The smallest absolute Gasteiger partial charge is 0.246 e. The van der Waals surface area contributed by atoms with Crippen LogP contribution in [-0.2, 0) is 18.3 Å². The predicted molar refractivity (Wildman–Crippen MR) is 114 cm³/mol. The SMILES string of the molecule is CN=C(NCCc1cc(F)ccc1F)N1CCN(c2cnn(C)c2)C(=O)C1.I. The second kappa shape index (κ2) is 9.80. The van der Waals surface area contributed by atoms with Crippen molar-refractivity contribution in [3.05, 3.63) is 47.8 Å². The van der Waals surface area contributed by atoms with Gasteiger partial charge in [0.05, 0.1) is 11.9 Å². The zero-order valence-electron chi connectivity index (χ0n) is 15.7. The van der Waals surface area contributed by atoms with Gasteiger partial charge in [0.15, 0.2) is 5.96 Å². The summed E-state index contributed by atoms with van der Waals surface area (Å²) < 4.78 is 28.6. The van der Waals surface area contributed by atoms with Crippen LogP contribution in [0.3, 0.4) is 0 Å². The van der Waals surface area contributed by atoms with Crippen molar-refractivity contribution in [1.82, 2.24) is 20.0 Å². The topological polar surface area (TPSA) is 65.8 Å². The molecule has 1 aromatic carbocycles. The summed E-state index contributed by atoms with van der Waals surface area (Å²) in [7, 11) is 3.43. The summed E-state index contributed by atoms with van der Waals surface area (Å²) in [5.41, 5.74) is 1.07. The number of halogens is 3. The molecule has 0 atom stereocenters. The van der Waals surface area contributed by atoms with Gasteiger partial charge in [0.25, 0.3) is 0 Å². The first-order valence-electron chi connectivity index (χ1n) is 8.66. The average Bonchev–Trinajstić information content (AvgIpc) is 3.07. The number of nitrogens with one attached hydrogen (secondary N) is 1. The molecular formula is C18H23F2IN6O. The Morgan fingerprint density at radius 2 is 2.11 bits per heavy atom. The van der Waals surface area contributed by atoms with Crippen molar-refractivity contribution in [2.45, 2.75) is 6.42 Å². The molecule has 2 aromatic rings. The molecule has 0 aliphatic carbocycles. The molecular weight excluding hydrogens is 481 g/mol. The number of nitrogens with zero attached hydrogens (tertiary/aromatic N) is 5. The molecule has 1 aromatic heterocycles. The number of carbonyl (C=O) groups excluding carboxylic acids is 1. The lowest BCUT2D eigenvalue weighted by molar-refractivity contribution is -0.120. The van der Waals surface area contributed by atoms with Crippen LogP contribution in [0.1, 0.15) is 5.56 Å². The molecule has 2 heterocycles. The number of piperazine rings is 1. The molecule has 0 saturated carbocycles. The molecule has 10 heteroatoms. The Kier molecular flexibility index (Phi) is 7.72. The Hall–Kier alpha value is -2.24. The van der Waals surface area contributed by atoms with E-state index in [0.29, 0.717) is 37.6 Å². The van der Waals surface area contributed by atoms with Crippen molar-refractivity contribution in [2.24, 2.45) is 12.0 Å². The molecule has 152 valence electrons. The van der Waals surface area contributed by atoms with Crippen LogP contribution in [0.25, 0.3) is 0 Å². The summed E-state index contributed by atoms with van der Waals surface area (Å²) >= 11 is 0. The zero-order valence-corrected chi connectivity index (χ0v) is 18.1. The second-order valence-electron chi connectivity index (χ2n) is 6.30. The summed E-state index contributed by atoms with van der Waals surface area (Å²) in [6.07, 6.45) is 3.77. The fourth-order valence-electron chi connectivity index (χ4n) is 3.05. The van der Waals surface area contributed by atoms with Crippen LogP contribution in [0.2, 0.25) is 0 Å². The van der Waals surface area contributed by atoms with E-state index in [9.17, 15) is 13.6 Å². The number of benzene rings is 1. The highest BCUT2D eigenvalue weighted by Gasteiger charge is 2.27. The maximum Gasteiger partial charge on any atom is 0.246 e. The molecule has 0 unspecified atom stereocenters. The number of aromatic nitrogens is 2. The van der Waals surface area contributed by atoms with E-state index in [1.807, 2.05) is 4.90 Å². The lowest BCUT2D eigenvalue weighted by Crippen LogP contribution is -2.55. The molecule has 1 fully saturated rings. The van der Waals surface area contributed by atoms with E-state index in [2.05, 4.69) is 15.4 Å². The van der Waals surface area contributed by atoms with Gasteiger partial charge >= 0.3 is 0 Å². The highest BCUT2D eigenvalue weighted by Crippen LogP contribution is 2.16. The molecule has 3 rings (SSSR count). The van der Waals surface area contributed by atoms with Gasteiger partial charge in [-0.2, -0.15) is 5.10 Å². The van der Waals surface area contributed by atoms with Gasteiger partial charge in [-0.05, 0) is 30.2 Å². The van der Waals surface area contributed by atoms with Crippen molar-refractivity contribution in [3.8, 4) is 0 Å². The molecule has 1 N–H and O–H groups in total. The fraction of sp³-hybridized carbons (Fsp3) is 0.389. The Balaban J connectivity index is 0.00000280. The fourth-order valence-corrected chi connectivity index (χ4v) is 3.05. The molecule has 1 aliphatic heterocycles. The first-order chi connectivity index (χ1) is 13.0. The van der Waals surface area contributed by atoms with E-state index in [0.717, 1.165) is 17.8 Å². The molecule has 0 bridgehead atoms. The van der Waals surface area contributed by atoms with Crippen LogP contribution in [0.4, 0.5) is 14.5 Å². The number of hydrogen-bond acceptors (Lipinski definition) is 3. The standard InChI is InChI=1S/C18H22F2N6O.HI/c1-21-18(22-6-5-13-9-14(19)3-4-16(13)20)25-7-8-26(17(27)12-25)15-10-23-24(2)11-15;/h3-4,9-11H,5-8,12H2,1-2H3,(H,21,22);1H. The van der Waals surface area contributed by atoms with Gasteiger partial charge < -0.3 is 15.1 Å². The van der Waals surface area contributed by atoms with Gasteiger partial charge in [0.2, 0.25) is 5.91 Å². The Morgan fingerprint density at radius 1 is 1.32 bits per heavy atom. The van der Waals surface area contributed by atoms with Gasteiger partial charge in [-0.1, -0.05) is 0 Å². The number of hydrogen-bond donors (Lipinski definition) is 1. The molecule has 0 spiro atoms. The largest absolute Gasteiger partial charge is 0.356 e. The summed E-state index contributed by atoms with van der Waals surface area (Å²) in [5, 5.41) is 7.21. The van der Waals surface area contributed by atoms with E-state index in [4.69, 9.17) is 0 Å². The van der Waals surface area contributed by atoms with Gasteiger partial charge in [-0.25, -0.2) is 8.78 Å². The summed E-state index contributed by atoms with van der Waals surface area (Å²) in [5.74, 6) is -0.388. The summed E-state index contributed by atoms with van der Waals surface area (Å²) in [6.45, 7) is 1.69. The third kappa shape index (κ3) is 5.18. The second-order valence-corrected chi connectivity index (χ2v) is 6.30. The van der Waals surface area contributed by atoms with E-state index in [1.54, 1.807) is 36.1 Å². The van der Waals surface area contributed by atoms with Crippen LogP contribution in [0, 0.1) is 11.6 Å². The lowest BCUT2D eigenvalue weighted by atomic mass is 10.1. The highest BCUT2D eigenvalue weighted by molar-refractivity contribution is 14.0. The van der Waals surface area contributed by atoms with Crippen LogP contribution >= 0.6 is 24.0 Å². The first-order valence-corrected chi connectivity index (χ1v) is 8.66. The van der Waals surface area contributed by atoms with E-state index < -0.39 is 11.6 Å². The van der Waals surface area contributed by atoms with Crippen LogP contribution in [-0.4, -0.2) is 59.8 Å². The Bertz CT molecular complexity index is 856. The van der Waals surface area contributed by atoms with Crippen molar-refractivity contribution >= 4 is 41.5 Å². The first kappa shape index (κ1) is 22.1. The lowest BCUT2D eigenvalue weighted by Gasteiger charge is -2.35. The minimum Gasteiger partial charge on any atom is -0.356 e. The minimum absolute atomic E-state index is 0. The normalized spacial score (nSPS) is 14.9. The number of rotatable bonds is 4. The summed E-state index contributed by atoms with van der Waals surface area (Å²) in [4.78, 5) is 20.2. The number of carbonyl (C=O) groups is 1. The van der Waals surface area contributed by atoms with Crippen molar-refractivity contribution in [2.75, 3.05) is 38.1 Å². The minimum atomic E-state index is -0.465. The van der Waals surface area contributed by atoms with E-state index in [1.165, 1.54) is 6.07 Å². The highest BCUT2D eigenvalue weighted by atomic mass is 127. The maximum atomic E-state index is 13.7. The van der Waals surface area contributed by atoms with Crippen molar-refractivity contribution in [3.63, 3.8) is 0 Å². The van der Waals surface area contributed by atoms with Crippen molar-refractivity contribution < 1.29 is 13.6 Å². The predicted octanol–water partition coefficient (Wildman–Crippen LogP) is 1.78. The third-order valence-corrected chi connectivity index (χ3v) is 4.42. The van der Waals surface area contributed by atoms with Gasteiger partial charge in [0, 0.05) is 39.9 Å². The number of aliphatic imine (C=N–C) groups is 1. The van der Waals surface area contributed by atoms with E-state index in [-0.39, 0.29) is 36.4 Å². The Labute approximate surface area is 179 Å². The number of guanidine groups is 1. The molecule has 1 saturated heterocycles. The number of aryl methyl sites for hydroxylation is 1. The zero-order chi connectivity index (χ0) is 19.4. The monoisotopic (exact) mass is 504 g/mol. The van der Waals surface area contributed by atoms with Gasteiger partial charge in [0.1, 0.15) is 18.2 Å². The van der Waals surface area contributed by atoms with Gasteiger partial charge in [-0.3, -0.25) is 14.5 Å². The molecule has 1 aliphatic rings. The number of anilines is 1. The number of amides is 1. The summed E-state index contributed by atoms with van der Waals surface area (Å²) in [6, 6.07) is 3.41. The average molecular weight is 504 g/mol.